The highest BCUT2D eigenvalue weighted by atomic mass is 35.5. The zero-order valence-corrected chi connectivity index (χ0v) is 12.3. The lowest BCUT2D eigenvalue weighted by atomic mass is 10.1. The zero-order chi connectivity index (χ0) is 13.2. The van der Waals surface area contributed by atoms with Gasteiger partial charge in [0.05, 0.1) is 0 Å². The minimum atomic E-state index is -0.341. The highest BCUT2D eigenvalue weighted by molar-refractivity contribution is 7.15. The molecule has 1 amide bonds. The second kappa shape index (κ2) is 6.34. The molecule has 2 N–H and O–H groups in total. The number of carbonyl (C=O) groups is 1. The van der Waals surface area contributed by atoms with E-state index in [1.54, 1.807) is 11.6 Å². The second-order valence-corrected chi connectivity index (χ2v) is 5.42. The van der Waals surface area contributed by atoms with E-state index in [0.717, 1.165) is 25.9 Å². The average molecular weight is 315 g/mol. The van der Waals surface area contributed by atoms with Crippen LogP contribution in [0.4, 0.5) is 0 Å². The van der Waals surface area contributed by atoms with Gasteiger partial charge in [0.25, 0.3) is 11.5 Å². The summed E-state index contributed by atoms with van der Waals surface area (Å²) in [5.74, 6) is -0.341. The van der Waals surface area contributed by atoms with E-state index in [4.69, 9.17) is 0 Å². The summed E-state index contributed by atoms with van der Waals surface area (Å²) in [6.07, 6.45) is 4.97. The lowest BCUT2D eigenvalue weighted by Gasteiger charge is -2.23. The van der Waals surface area contributed by atoms with Gasteiger partial charge in [-0.1, -0.05) is 0 Å². The van der Waals surface area contributed by atoms with Crippen molar-refractivity contribution >= 4 is 34.6 Å². The first-order valence-electron chi connectivity index (χ1n) is 6.22. The number of amides is 1. The molecule has 3 rings (SSSR count). The molecule has 1 aliphatic heterocycles. The van der Waals surface area contributed by atoms with Crippen molar-refractivity contribution in [2.24, 2.45) is 0 Å². The number of nitrogens with zero attached hydrogens (tertiary/aromatic N) is 2. The van der Waals surface area contributed by atoms with Crippen LogP contribution >= 0.6 is 23.7 Å². The minimum absolute atomic E-state index is 0. The van der Waals surface area contributed by atoms with E-state index in [0.29, 0.717) is 4.96 Å². The number of hydrogen-bond acceptors (Lipinski definition) is 5. The molecule has 1 fully saturated rings. The molecule has 3 heterocycles. The van der Waals surface area contributed by atoms with Gasteiger partial charge in [-0.2, -0.15) is 0 Å². The summed E-state index contributed by atoms with van der Waals surface area (Å²) in [5.41, 5.74) is -0.214. The van der Waals surface area contributed by atoms with Crippen molar-refractivity contribution in [2.45, 2.75) is 18.9 Å². The summed E-state index contributed by atoms with van der Waals surface area (Å²) in [5, 5.41) is 7.88. The fourth-order valence-corrected chi connectivity index (χ4v) is 2.89. The first kappa shape index (κ1) is 15.0. The molecule has 2 aromatic heterocycles. The standard InChI is InChI=1S/C12H14N4O2S.ClH/c17-10(15-8-2-1-3-13-6-8)9-7-14-12-16(11(9)18)4-5-19-12;/h4-5,7-8,13H,1-3,6H2,(H,15,17);1H/t8-;/m0./s1. The van der Waals surface area contributed by atoms with Gasteiger partial charge in [0, 0.05) is 30.4 Å². The van der Waals surface area contributed by atoms with Gasteiger partial charge < -0.3 is 10.6 Å². The summed E-state index contributed by atoms with van der Waals surface area (Å²) in [6, 6.07) is 0.0869. The minimum Gasteiger partial charge on any atom is -0.348 e. The third-order valence-corrected chi connectivity index (χ3v) is 3.99. The van der Waals surface area contributed by atoms with Crippen LogP contribution in [0.3, 0.4) is 0 Å². The zero-order valence-electron chi connectivity index (χ0n) is 10.7. The first-order valence-corrected chi connectivity index (χ1v) is 7.10. The van der Waals surface area contributed by atoms with Crippen molar-refractivity contribution in [1.29, 1.82) is 0 Å². The number of rotatable bonds is 2. The topological polar surface area (TPSA) is 75.5 Å². The SMILES string of the molecule is Cl.O=C(N[C@H]1CCCNC1)c1cnc2sccn2c1=O. The normalized spacial score (nSPS) is 18.5. The van der Waals surface area contributed by atoms with Crippen molar-refractivity contribution in [1.82, 2.24) is 20.0 Å². The Morgan fingerprint density at radius 2 is 2.40 bits per heavy atom. The lowest BCUT2D eigenvalue weighted by molar-refractivity contribution is 0.0928. The smallest absolute Gasteiger partial charge is 0.271 e. The number of halogens is 1. The molecule has 20 heavy (non-hydrogen) atoms. The number of hydrogen-bond donors (Lipinski definition) is 2. The molecule has 0 saturated carbocycles. The summed E-state index contributed by atoms with van der Waals surface area (Å²) in [6.45, 7) is 1.73. The molecule has 8 heteroatoms. The van der Waals surface area contributed by atoms with E-state index in [1.165, 1.54) is 21.9 Å². The Kier molecular flexibility index (Phi) is 4.74. The lowest BCUT2D eigenvalue weighted by Crippen LogP contribution is -2.46. The van der Waals surface area contributed by atoms with Crippen LogP contribution in [0.25, 0.3) is 4.96 Å². The van der Waals surface area contributed by atoms with Gasteiger partial charge >= 0.3 is 0 Å². The summed E-state index contributed by atoms with van der Waals surface area (Å²) in [4.78, 5) is 29.0. The molecule has 1 atom stereocenters. The quantitative estimate of drug-likeness (QED) is 0.854. The number of carbonyl (C=O) groups excluding carboxylic acids is 1. The van der Waals surface area contributed by atoms with Gasteiger partial charge in [-0.05, 0) is 19.4 Å². The Bertz CT molecular complexity index is 663. The van der Waals surface area contributed by atoms with Crippen LogP contribution in [0.1, 0.15) is 23.2 Å². The van der Waals surface area contributed by atoms with Gasteiger partial charge in [-0.3, -0.25) is 14.0 Å². The number of nitrogens with one attached hydrogen (secondary N) is 2. The Balaban J connectivity index is 0.00000147. The monoisotopic (exact) mass is 314 g/mol. The molecule has 108 valence electrons. The summed E-state index contributed by atoms with van der Waals surface area (Å²) >= 11 is 1.37. The second-order valence-electron chi connectivity index (χ2n) is 4.55. The van der Waals surface area contributed by atoms with Crippen LogP contribution in [-0.2, 0) is 0 Å². The van der Waals surface area contributed by atoms with Gasteiger partial charge in [0.1, 0.15) is 5.56 Å². The Morgan fingerprint density at radius 1 is 1.55 bits per heavy atom. The number of aromatic nitrogens is 2. The van der Waals surface area contributed by atoms with E-state index in [2.05, 4.69) is 15.6 Å². The Morgan fingerprint density at radius 3 is 3.15 bits per heavy atom. The maximum atomic E-state index is 12.1. The molecule has 1 saturated heterocycles. The Labute approximate surface area is 125 Å². The molecular weight excluding hydrogens is 300 g/mol. The first-order chi connectivity index (χ1) is 9.25. The average Bonchev–Trinajstić information content (AvgIpc) is 2.89. The number of piperidine rings is 1. The van der Waals surface area contributed by atoms with Crippen LogP contribution in [-0.4, -0.2) is 34.4 Å². The Hall–Kier alpha value is -1.44. The number of fused-ring (bicyclic) bond motifs is 1. The highest BCUT2D eigenvalue weighted by Gasteiger charge is 2.19. The highest BCUT2D eigenvalue weighted by Crippen LogP contribution is 2.06. The van der Waals surface area contributed by atoms with Gasteiger partial charge in [0.2, 0.25) is 0 Å². The summed E-state index contributed by atoms with van der Waals surface area (Å²) in [7, 11) is 0. The van der Waals surface area contributed by atoms with Gasteiger partial charge in [-0.25, -0.2) is 4.98 Å². The molecule has 0 aromatic carbocycles. The molecule has 2 aromatic rings. The fourth-order valence-electron chi connectivity index (χ4n) is 2.22. The maximum absolute atomic E-state index is 12.1. The van der Waals surface area contributed by atoms with Crippen LogP contribution in [0, 0.1) is 0 Å². The van der Waals surface area contributed by atoms with Crippen molar-refractivity contribution in [3.8, 4) is 0 Å². The molecule has 0 spiro atoms. The number of thiazole rings is 1. The van der Waals surface area contributed by atoms with E-state index in [9.17, 15) is 9.59 Å². The molecule has 0 aliphatic carbocycles. The molecule has 0 radical (unpaired) electrons. The predicted octanol–water partition coefficient (Wildman–Crippen LogP) is 0.660. The van der Waals surface area contributed by atoms with E-state index >= 15 is 0 Å². The van der Waals surface area contributed by atoms with E-state index < -0.39 is 0 Å². The van der Waals surface area contributed by atoms with E-state index in [-0.39, 0.29) is 35.5 Å². The van der Waals surface area contributed by atoms with Crippen LogP contribution in [0.2, 0.25) is 0 Å². The van der Waals surface area contributed by atoms with Crippen LogP contribution in [0.5, 0.6) is 0 Å². The van der Waals surface area contributed by atoms with Crippen molar-refractivity contribution in [2.75, 3.05) is 13.1 Å². The van der Waals surface area contributed by atoms with Crippen molar-refractivity contribution in [3.05, 3.63) is 33.7 Å². The predicted molar refractivity (Wildman–Crippen MR) is 79.9 cm³/mol. The third-order valence-electron chi connectivity index (χ3n) is 3.22. The van der Waals surface area contributed by atoms with Crippen molar-refractivity contribution in [3.63, 3.8) is 0 Å². The van der Waals surface area contributed by atoms with Gasteiger partial charge in [-0.15, -0.1) is 23.7 Å². The molecule has 0 unspecified atom stereocenters. The third kappa shape index (κ3) is 2.84. The van der Waals surface area contributed by atoms with Crippen LogP contribution in [0.15, 0.2) is 22.6 Å². The molecular formula is C12H15ClN4O2S. The molecule has 1 aliphatic rings. The van der Waals surface area contributed by atoms with Crippen molar-refractivity contribution < 1.29 is 4.79 Å². The molecule has 0 bridgehead atoms. The summed E-state index contributed by atoms with van der Waals surface area (Å²) < 4.78 is 1.40. The molecule has 6 nitrogen and oxygen atoms in total. The maximum Gasteiger partial charge on any atom is 0.271 e. The van der Waals surface area contributed by atoms with Gasteiger partial charge in [0.15, 0.2) is 4.96 Å². The largest absolute Gasteiger partial charge is 0.348 e. The van der Waals surface area contributed by atoms with Crippen LogP contribution < -0.4 is 16.2 Å². The van der Waals surface area contributed by atoms with E-state index in [1.807, 2.05) is 0 Å². The fraction of sp³-hybridized carbons (Fsp3) is 0.417.